The molecule has 24 heavy (non-hydrogen) atoms. The van der Waals surface area contributed by atoms with E-state index in [4.69, 9.17) is 4.98 Å². The normalized spacial score (nSPS) is 11.1. The van der Waals surface area contributed by atoms with Crippen LogP contribution in [0.1, 0.15) is 5.69 Å². The third-order valence-corrected chi connectivity index (χ3v) is 4.56. The van der Waals surface area contributed by atoms with Gasteiger partial charge in [0.25, 0.3) is 0 Å². The lowest BCUT2D eigenvalue weighted by atomic mass is 10.0. The number of phenolic OH excluding ortho intramolecular Hbond substituents is 1. The molecule has 0 unspecified atom stereocenters. The van der Waals surface area contributed by atoms with Crippen LogP contribution in [0.2, 0.25) is 0 Å². The lowest BCUT2D eigenvalue weighted by Crippen LogP contribution is -1.96. The number of aryl methyl sites for hydroxylation is 1. The molecule has 1 N–H and O–H groups in total. The highest BCUT2D eigenvalue weighted by atomic mass is 16.3. The summed E-state index contributed by atoms with van der Waals surface area (Å²) in [5.74, 6) is 0.295. The zero-order valence-electron chi connectivity index (χ0n) is 13.7. The first-order chi connectivity index (χ1) is 11.6. The highest BCUT2D eigenvalue weighted by molar-refractivity contribution is 5.99. The van der Waals surface area contributed by atoms with E-state index in [1.165, 1.54) is 5.69 Å². The van der Waals surface area contributed by atoms with Crippen molar-refractivity contribution in [1.29, 1.82) is 0 Å². The molecule has 3 nitrogen and oxygen atoms in total. The fourth-order valence-corrected chi connectivity index (χ4v) is 3.10. The van der Waals surface area contributed by atoms with E-state index in [-0.39, 0.29) is 0 Å². The summed E-state index contributed by atoms with van der Waals surface area (Å²) in [5.41, 5.74) is 5.17. The molecule has 0 saturated carbocycles. The van der Waals surface area contributed by atoms with Crippen LogP contribution in [0.4, 0.5) is 0 Å². The molecule has 0 saturated heterocycles. The number of fused-ring (bicyclic) bond motifs is 1. The molecule has 3 heteroatoms. The maximum absolute atomic E-state index is 10.1. The van der Waals surface area contributed by atoms with Crippen molar-refractivity contribution in [2.45, 2.75) is 6.92 Å². The quantitative estimate of drug-likeness (QED) is 0.570. The third-order valence-electron chi connectivity index (χ3n) is 4.56. The van der Waals surface area contributed by atoms with Crippen molar-refractivity contribution in [3.63, 3.8) is 0 Å². The molecule has 2 aromatic heterocycles. The van der Waals surface area contributed by atoms with Gasteiger partial charge in [-0.1, -0.05) is 30.3 Å². The Kier molecular flexibility index (Phi) is 3.35. The predicted octanol–water partition coefficient (Wildman–Crippen LogP) is 4.92. The zero-order chi connectivity index (χ0) is 16.7. The second-order valence-electron chi connectivity index (χ2n) is 6.00. The summed E-state index contributed by atoms with van der Waals surface area (Å²) in [6, 6.07) is 21.8. The van der Waals surface area contributed by atoms with Crippen molar-refractivity contribution < 1.29 is 5.11 Å². The number of aromatic hydroxyl groups is 1. The Morgan fingerprint density at radius 2 is 1.54 bits per heavy atom. The van der Waals surface area contributed by atoms with E-state index in [9.17, 15) is 5.11 Å². The van der Waals surface area contributed by atoms with Crippen molar-refractivity contribution in [3.05, 3.63) is 72.4 Å². The molecular formula is C21H18N2O. The lowest BCUT2D eigenvalue weighted by Gasteiger charge is -2.10. The van der Waals surface area contributed by atoms with E-state index in [0.29, 0.717) is 5.75 Å². The first-order valence-corrected chi connectivity index (χ1v) is 7.96. The Balaban J connectivity index is 1.91. The number of hydrogen-bond acceptors (Lipinski definition) is 2. The largest absolute Gasteiger partial charge is 0.507 e. The number of aromatic nitrogens is 2. The molecule has 118 valence electrons. The first kappa shape index (κ1) is 14.5. The molecule has 0 spiro atoms. The minimum atomic E-state index is 0.295. The fourth-order valence-electron chi connectivity index (χ4n) is 3.10. The van der Waals surface area contributed by atoms with Crippen molar-refractivity contribution in [2.24, 2.45) is 7.05 Å². The highest BCUT2D eigenvalue weighted by Gasteiger charge is 2.11. The molecule has 0 fully saturated rings. The molecular weight excluding hydrogens is 296 g/mol. The molecule has 0 radical (unpaired) electrons. The summed E-state index contributed by atoms with van der Waals surface area (Å²) in [5, 5.41) is 11.9. The van der Waals surface area contributed by atoms with Gasteiger partial charge in [-0.05, 0) is 48.7 Å². The van der Waals surface area contributed by atoms with Gasteiger partial charge in [0.05, 0.1) is 17.1 Å². The smallest absolute Gasteiger partial charge is 0.123 e. The van der Waals surface area contributed by atoms with E-state index in [2.05, 4.69) is 30.7 Å². The Bertz CT molecular complexity index is 1050. The van der Waals surface area contributed by atoms with Crippen LogP contribution in [-0.4, -0.2) is 14.7 Å². The second kappa shape index (κ2) is 5.53. The van der Waals surface area contributed by atoms with Crippen molar-refractivity contribution in [2.75, 3.05) is 0 Å². The molecule has 2 aromatic carbocycles. The van der Waals surface area contributed by atoms with Crippen LogP contribution in [0, 0.1) is 6.92 Å². The summed E-state index contributed by atoms with van der Waals surface area (Å²) < 4.78 is 2.14. The second-order valence-corrected chi connectivity index (χ2v) is 6.00. The van der Waals surface area contributed by atoms with Gasteiger partial charge in [-0.2, -0.15) is 0 Å². The molecule has 0 aliphatic rings. The molecule has 0 aliphatic carbocycles. The predicted molar refractivity (Wildman–Crippen MR) is 98.0 cm³/mol. The lowest BCUT2D eigenvalue weighted by molar-refractivity contribution is 0.481. The van der Waals surface area contributed by atoms with Crippen LogP contribution in [0.25, 0.3) is 33.4 Å². The van der Waals surface area contributed by atoms with E-state index < -0.39 is 0 Å². The zero-order valence-corrected chi connectivity index (χ0v) is 13.7. The van der Waals surface area contributed by atoms with E-state index in [0.717, 1.165) is 33.4 Å². The van der Waals surface area contributed by atoms with Crippen LogP contribution in [-0.2, 0) is 7.05 Å². The van der Waals surface area contributed by atoms with Gasteiger partial charge >= 0.3 is 0 Å². The standard InChI is InChI=1S/C21H18N2O/c1-14-10-12-20(23(14)2)19-9-5-8-18(22-19)16-11-13-21(24)17-7-4-3-6-15(16)17/h3-13,24H,1-2H3. The molecule has 0 atom stereocenters. The number of nitrogens with zero attached hydrogens (tertiary/aromatic N) is 2. The van der Waals surface area contributed by atoms with Crippen molar-refractivity contribution >= 4 is 10.8 Å². The molecule has 2 heterocycles. The molecule has 0 amide bonds. The average Bonchev–Trinajstić information content (AvgIpc) is 2.95. The summed E-state index contributed by atoms with van der Waals surface area (Å²) in [4.78, 5) is 4.86. The van der Waals surface area contributed by atoms with Crippen LogP contribution in [0.5, 0.6) is 5.75 Å². The van der Waals surface area contributed by atoms with Crippen LogP contribution in [0.15, 0.2) is 66.7 Å². The molecule has 0 aliphatic heterocycles. The van der Waals surface area contributed by atoms with Gasteiger partial charge in [-0.3, -0.25) is 0 Å². The van der Waals surface area contributed by atoms with Gasteiger partial charge in [0, 0.05) is 23.7 Å². The van der Waals surface area contributed by atoms with Gasteiger partial charge in [-0.25, -0.2) is 4.98 Å². The number of pyridine rings is 1. The average molecular weight is 314 g/mol. The summed E-state index contributed by atoms with van der Waals surface area (Å²) in [7, 11) is 2.05. The maximum atomic E-state index is 10.1. The topological polar surface area (TPSA) is 38.1 Å². The number of hydrogen-bond donors (Lipinski definition) is 1. The van der Waals surface area contributed by atoms with E-state index in [1.807, 2.05) is 48.5 Å². The Morgan fingerprint density at radius 3 is 2.29 bits per heavy atom. The SMILES string of the molecule is Cc1ccc(-c2cccc(-c3ccc(O)c4ccccc34)n2)n1C. The van der Waals surface area contributed by atoms with Gasteiger partial charge < -0.3 is 9.67 Å². The minimum absolute atomic E-state index is 0.295. The molecule has 4 aromatic rings. The van der Waals surface area contributed by atoms with Gasteiger partial charge in [0.2, 0.25) is 0 Å². The Morgan fingerprint density at radius 1 is 0.792 bits per heavy atom. The van der Waals surface area contributed by atoms with Crippen LogP contribution in [0.3, 0.4) is 0 Å². The van der Waals surface area contributed by atoms with Gasteiger partial charge in [-0.15, -0.1) is 0 Å². The summed E-state index contributed by atoms with van der Waals surface area (Å²) >= 11 is 0. The van der Waals surface area contributed by atoms with Crippen LogP contribution < -0.4 is 0 Å². The van der Waals surface area contributed by atoms with Gasteiger partial charge in [0.1, 0.15) is 5.75 Å². The van der Waals surface area contributed by atoms with Crippen molar-refractivity contribution in [3.8, 4) is 28.4 Å². The van der Waals surface area contributed by atoms with E-state index in [1.54, 1.807) is 6.07 Å². The number of rotatable bonds is 2. The van der Waals surface area contributed by atoms with Gasteiger partial charge in [0.15, 0.2) is 0 Å². The summed E-state index contributed by atoms with van der Waals surface area (Å²) in [6.07, 6.45) is 0. The summed E-state index contributed by atoms with van der Waals surface area (Å²) in [6.45, 7) is 2.08. The molecule has 4 rings (SSSR count). The fraction of sp³-hybridized carbons (Fsp3) is 0.0952. The highest BCUT2D eigenvalue weighted by Crippen LogP contribution is 2.33. The molecule has 0 bridgehead atoms. The third kappa shape index (κ3) is 2.26. The Hall–Kier alpha value is -3.07. The number of phenols is 1. The maximum Gasteiger partial charge on any atom is 0.123 e. The van der Waals surface area contributed by atoms with E-state index >= 15 is 0 Å². The van der Waals surface area contributed by atoms with Crippen LogP contribution >= 0.6 is 0 Å². The Labute approximate surface area is 140 Å². The first-order valence-electron chi connectivity index (χ1n) is 7.96. The number of benzene rings is 2. The monoisotopic (exact) mass is 314 g/mol. The van der Waals surface area contributed by atoms with Crippen molar-refractivity contribution in [1.82, 2.24) is 9.55 Å². The minimum Gasteiger partial charge on any atom is -0.507 e.